The Morgan fingerprint density at radius 2 is 1.53 bits per heavy atom. The van der Waals surface area contributed by atoms with Gasteiger partial charge in [0.2, 0.25) is 5.75 Å². The molecule has 1 heterocycles. The van der Waals surface area contributed by atoms with E-state index in [-0.39, 0.29) is 17.6 Å². The van der Waals surface area contributed by atoms with Gasteiger partial charge in [-0.3, -0.25) is 4.79 Å². The van der Waals surface area contributed by atoms with Gasteiger partial charge in [-0.05, 0) is 63.4 Å². The van der Waals surface area contributed by atoms with Gasteiger partial charge in [0, 0.05) is 17.7 Å². The third-order valence-corrected chi connectivity index (χ3v) is 5.63. The summed E-state index contributed by atoms with van der Waals surface area (Å²) in [5.74, 6) is 2.34. The number of hydrogen-bond acceptors (Lipinski definition) is 6. The summed E-state index contributed by atoms with van der Waals surface area (Å²) in [6, 6.07) is 19.1. The first-order valence-corrected chi connectivity index (χ1v) is 12.0. The molecule has 0 aliphatic rings. The highest BCUT2D eigenvalue weighted by atomic mass is 16.5. The molecule has 188 valence electrons. The molecule has 0 aliphatic carbocycles. The Kier molecular flexibility index (Phi) is 7.53. The van der Waals surface area contributed by atoms with Crippen LogP contribution in [0.25, 0.3) is 22.3 Å². The molecule has 36 heavy (non-hydrogen) atoms. The van der Waals surface area contributed by atoms with Crippen LogP contribution in [0.1, 0.15) is 38.8 Å². The maximum absolute atomic E-state index is 13.5. The summed E-state index contributed by atoms with van der Waals surface area (Å²) < 4.78 is 29.5. The van der Waals surface area contributed by atoms with E-state index < -0.39 is 0 Å². The summed E-state index contributed by atoms with van der Waals surface area (Å²) in [7, 11) is 3.17. The zero-order chi connectivity index (χ0) is 25.8. The minimum Gasteiger partial charge on any atom is -0.497 e. The molecule has 0 radical (unpaired) electrons. The first-order valence-electron chi connectivity index (χ1n) is 12.0. The van der Waals surface area contributed by atoms with Crippen LogP contribution >= 0.6 is 0 Å². The summed E-state index contributed by atoms with van der Waals surface area (Å²) in [5.41, 5.74) is 3.07. The molecule has 0 amide bonds. The molecule has 0 fully saturated rings. The molecule has 6 heteroatoms. The number of rotatable bonds is 9. The Morgan fingerprint density at radius 3 is 2.17 bits per heavy atom. The minimum atomic E-state index is -0.224. The van der Waals surface area contributed by atoms with Crippen LogP contribution in [0.15, 0.2) is 69.9 Å². The van der Waals surface area contributed by atoms with Gasteiger partial charge in [-0.1, -0.05) is 30.3 Å². The summed E-state index contributed by atoms with van der Waals surface area (Å²) in [6.45, 7) is 7.63. The van der Waals surface area contributed by atoms with Crippen molar-refractivity contribution in [3.63, 3.8) is 0 Å². The molecule has 4 aromatic rings. The maximum Gasteiger partial charge on any atom is 0.204 e. The molecule has 0 saturated carbocycles. The second-order valence-electron chi connectivity index (χ2n) is 9.10. The number of methoxy groups -OCH3 is 2. The fourth-order valence-electron chi connectivity index (χ4n) is 4.16. The smallest absolute Gasteiger partial charge is 0.204 e. The van der Waals surface area contributed by atoms with E-state index in [9.17, 15) is 4.79 Å². The molecule has 0 aliphatic heterocycles. The number of ether oxygens (including phenoxy) is 4. The quantitative estimate of drug-likeness (QED) is 0.263. The van der Waals surface area contributed by atoms with Crippen molar-refractivity contribution in [2.75, 3.05) is 14.2 Å². The second-order valence-corrected chi connectivity index (χ2v) is 9.10. The standard InChI is InChI=1S/C30H32O6/c1-18(2)34-27-17-26-28(30(29(27)33-6)35-19(3)4)24(31)16-25(36-26)23-13-12-22(32-5)15-21(23)14-20-10-8-7-9-11-20/h7-13,15-19H,14H2,1-6H3. The highest BCUT2D eigenvalue weighted by Gasteiger charge is 2.24. The van der Waals surface area contributed by atoms with Crippen molar-refractivity contribution in [2.24, 2.45) is 0 Å². The maximum atomic E-state index is 13.5. The van der Waals surface area contributed by atoms with Gasteiger partial charge in [-0.25, -0.2) is 0 Å². The van der Waals surface area contributed by atoms with Crippen LogP contribution in [0.3, 0.4) is 0 Å². The van der Waals surface area contributed by atoms with Crippen LogP contribution in [0.5, 0.6) is 23.0 Å². The molecule has 0 bridgehead atoms. The summed E-state index contributed by atoms with van der Waals surface area (Å²) in [6.07, 6.45) is 0.355. The highest BCUT2D eigenvalue weighted by Crippen LogP contribution is 2.44. The van der Waals surface area contributed by atoms with Gasteiger partial charge in [0.15, 0.2) is 16.9 Å². The van der Waals surface area contributed by atoms with E-state index >= 15 is 0 Å². The lowest BCUT2D eigenvalue weighted by molar-refractivity contribution is 0.210. The summed E-state index contributed by atoms with van der Waals surface area (Å²) in [5, 5.41) is 0.318. The van der Waals surface area contributed by atoms with Gasteiger partial charge in [0.05, 0.1) is 26.4 Å². The van der Waals surface area contributed by atoms with E-state index in [2.05, 4.69) is 12.1 Å². The van der Waals surface area contributed by atoms with E-state index in [0.717, 1.165) is 22.4 Å². The third-order valence-electron chi connectivity index (χ3n) is 5.63. The second kappa shape index (κ2) is 10.8. The van der Waals surface area contributed by atoms with E-state index in [1.165, 1.54) is 13.2 Å². The number of hydrogen-bond donors (Lipinski definition) is 0. The van der Waals surface area contributed by atoms with E-state index in [1.54, 1.807) is 13.2 Å². The molecule has 0 N–H and O–H groups in total. The molecule has 6 nitrogen and oxygen atoms in total. The van der Waals surface area contributed by atoms with Gasteiger partial charge >= 0.3 is 0 Å². The first kappa shape index (κ1) is 25.2. The lowest BCUT2D eigenvalue weighted by Gasteiger charge is -2.20. The zero-order valence-electron chi connectivity index (χ0n) is 21.6. The molecule has 0 saturated heterocycles. The lowest BCUT2D eigenvalue weighted by Crippen LogP contribution is -2.13. The van der Waals surface area contributed by atoms with Crippen LogP contribution in [0.4, 0.5) is 0 Å². The van der Waals surface area contributed by atoms with Crippen molar-refractivity contribution < 1.29 is 23.4 Å². The average Bonchev–Trinajstić information content (AvgIpc) is 2.83. The molecule has 0 atom stereocenters. The molecular weight excluding hydrogens is 456 g/mol. The monoisotopic (exact) mass is 488 g/mol. The molecule has 3 aromatic carbocycles. The van der Waals surface area contributed by atoms with Crippen molar-refractivity contribution in [3.8, 4) is 34.3 Å². The Bertz CT molecular complexity index is 1400. The van der Waals surface area contributed by atoms with Gasteiger partial charge < -0.3 is 23.4 Å². The molecule has 4 rings (SSSR count). The van der Waals surface area contributed by atoms with Crippen molar-refractivity contribution in [2.45, 2.75) is 46.3 Å². The van der Waals surface area contributed by atoms with E-state index in [1.807, 2.05) is 64.1 Å². The molecule has 0 unspecified atom stereocenters. The van der Waals surface area contributed by atoms with Gasteiger partial charge in [-0.15, -0.1) is 0 Å². The minimum absolute atomic E-state index is 0.114. The van der Waals surface area contributed by atoms with E-state index in [4.69, 9.17) is 23.4 Å². The van der Waals surface area contributed by atoms with Gasteiger partial charge in [-0.2, -0.15) is 0 Å². The van der Waals surface area contributed by atoms with Crippen molar-refractivity contribution in [1.29, 1.82) is 0 Å². The highest BCUT2D eigenvalue weighted by molar-refractivity contribution is 5.90. The van der Waals surface area contributed by atoms with Crippen LogP contribution in [-0.4, -0.2) is 26.4 Å². The number of fused-ring (bicyclic) bond motifs is 1. The van der Waals surface area contributed by atoms with Crippen molar-refractivity contribution >= 4 is 11.0 Å². The predicted molar refractivity (Wildman–Crippen MR) is 142 cm³/mol. The topological polar surface area (TPSA) is 67.1 Å². The Hall–Kier alpha value is -3.93. The fraction of sp³-hybridized carbons (Fsp3) is 0.300. The van der Waals surface area contributed by atoms with Gasteiger partial charge in [0.25, 0.3) is 0 Å². The predicted octanol–water partition coefficient (Wildman–Crippen LogP) is 6.64. The molecule has 1 aromatic heterocycles. The van der Waals surface area contributed by atoms with Crippen molar-refractivity contribution in [1.82, 2.24) is 0 Å². The Balaban J connectivity index is 1.94. The van der Waals surface area contributed by atoms with Crippen LogP contribution in [0, 0.1) is 0 Å². The Labute approximate surface area is 211 Å². The van der Waals surface area contributed by atoms with Crippen molar-refractivity contribution in [3.05, 3.63) is 82.0 Å². The fourth-order valence-corrected chi connectivity index (χ4v) is 4.16. The van der Waals surface area contributed by atoms with Crippen LogP contribution in [-0.2, 0) is 6.42 Å². The lowest BCUT2D eigenvalue weighted by atomic mass is 9.97. The third kappa shape index (κ3) is 5.33. The van der Waals surface area contributed by atoms with E-state index in [0.29, 0.717) is 40.4 Å². The average molecular weight is 489 g/mol. The SMILES string of the molecule is COc1ccc(-c2cc(=O)c3c(OC(C)C)c(OC)c(OC(C)C)cc3o2)c(Cc2ccccc2)c1. The summed E-state index contributed by atoms with van der Waals surface area (Å²) >= 11 is 0. The molecular formula is C30H32O6. The number of benzene rings is 3. The van der Waals surface area contributed by atoms with Crippen LogP contribution in [0.2, 0.25) is 0 Å². The normalized spacial score (nSPS) is 11.2. The Morgan fingerprint density at radius 1 is 0.806 bits per heavy atom. The largest absolute Gasteiger partial charge is 0.497 e. The zero-order valence-corrected chi connectivity index (χ0v) is 21.6. The van der Waals surface area contributed by atoms with Crippen LogP contribution < -0.4 is 24.4 Å². The molecule has 0 spiro atoms. The summed E-state index contributed by atoms with van der Waals surface area (Å²) in [4.78, 5) is 13.5. The first-order chi connectivity index (χ1) is 17.3. The van der Waals surface area contributed by atoms with Gasteiger partial charge in [0.1, 0.15) is 22.5 Å².